The van der Waals surface area contributed by atoms with E-state index < -0.39 is 11.4 Å². The third-order valence-electron chi connectivity index (χ3n) is 4.70. The highest BCUT2D eigenvalue weighted by Crippen LogP contribution is 2.30. The van der Waals surface area contributed by atoms with Gasteiger partial charge in [0.15, 0.2) is 0 Å². The Hall–Kier alpha value is -3.64. The number of aldehydes is 1. The topological polar surface area (TPSA) is 90.5 Å². The van der Waals surface area contributed by atoms with Crippen LogP contribution < -0.4 is 16.1 Å². The van der Waals surface area contributed by atoms with Crippen LogP contribution in [0.3, 0.4) is 0 Å². The van der Waals surface area contributed by atoms with E-state index in [2.05, 4.69) is 10.6 Å². The van der Waals surface area contributed by atoms with Crippen molar-refractivity contribution in [2.24, 2.45) is 0 Å². The first-order chi connectivity index (χ1) is 14.1. The van der Waals surface area contributed by atoms with Crippen LogP contribution in [-0.2, 0) is 16.9 Å². The Labute approximate surface area is 169 Å². The molecule has 0 aliphatic carbocycles. The molecule has 0 heterocycles. The second-order valence-corrected chi connectivity index (χ2v) is 6.85. The van der Waals surface area contributed by atoms with Crippen molar-refractivity contribution in [3.8, 4) is 0 Å². The Morgan fingerprint density at radius 3 is 2.28 bits per heavy atom. The number of amides is 1. The maximum absolute atomic E-state index is 12.1. The molecular formula is C23H23N3O3. The smallest absolute Gasteiger partial charge is 0.274 e. The Bertz CT molecular complexity index is 974. The minimum atomic E-state index is -0.985. The van der Waals surface area contributed by atoms with Gasteiger partial charge >= 0.3 is 0 Å². The summed E-state index contributed by atoms with van der Waals surface area (Å²) in [6, 6.07) is 24.2. The van der Waals surface area contributed by atoms with Gasteiger partial charge in [-0.3, -0.25) is 10.0 Å². The summed E-state index contributed by atoms with van der Waals surface area (Å²) in [5.74, 6) is -0.592. The van der Waals surface area contributed by atoms with Gasteiger partial charge in [-0.05, 0) is 42.8 Å². The zero-order valence-electron chi connectivity index (χ0n) is 16.1. The van der Waals surface area contributed by atoms with E-state index in [0.717, 1.165) is 23.1 Å². The molecule has 0 spiro atoms. The molecule has 4 N–H and O–H groups in total. The van der Waals surface area contributed by atoms with E-state index >= 15 is 0 Å². The first kappa shape index (κ1) is 20.1. The molecule has 0 aliphatic rings. The SMILES string of the molecule is CC(C=O)(Nc1ccc(C(=O)NO)cc1)c1ccccc1NCc1ccccc1. The van der Waals surface area contributed by atoms with Gasteiger partial charge < -0.3 is 15.4 Å². The van der Waals surface area contributed by atoms with Gasteiger partial charge in [0.05, 0.1) is 0 Å². The summed E-state index contributed by atoms with van der Waals surface area (Å²) in [5.41, 5.74) is 4.41. The highest BCUT2D eigenvalue weighted by Gasteiger charge is 2.28. The number of para-hydroxylation sites is 1. The van der Waals surface area contributed by atoms with Crippen LogP contribution >= 0.6 is 0 Å². The zero-order chi connectivity index (χ0) is 20.7. The Morgan fingerprint density at radius 1 is 0.966 bits per heavy atom. The molecule has 0 aliphatic heterocycles. The number of nitrogens with one attached hydrogen (secondary N) is 3. The summed E-state index contributed by atoms with van der Waals surface area (Å²) in [4.78, 5) is 23.6. The average molecular weight is 389 g/mol. The lowest BCUT2D eigenvalue weighted by Gasteiger charge is -2.29. The summed E-state index contributed by atoms with van der Waals surface area (Å²) >= 11 is 0. The van der Waals surface area contributed by atoms with Crippen molar-refractivity contribution in [1.82, 2.24) is 5.48 Å². The molecule has 6 nitrogen and oxygen atoms in total. The molecule has 0 aromatic heterocycles. The predicted octanol–water partition coefficient (Wildman–Crippen LogP) is 3.94. The first-order valence-electron chi connectivity index (χ1n) is 9.22. The van der Waals surface area contributed by atoms with Gasteiger partial charge in [0.25, 0.3) is 5.91 Å². The quantitative estimate of drug-likeness (QED) is 0.266. The van der Waals surface area contributed by atoms with E-state index in [1.807, 2.05) is 54.6 Å². The number of carbonyl (C=O) groups excluding carboxylic acids is 2. The van der Waals surface area contributed by atoms with Gasteiger partial charge in [-0.2, -0.15) is 0 Å². The molecular weight excluding hydrogens is 366 g/mol. The maximum atomic E-state index is 12.1. The number of rotatable bonds is 8. The molecule has 29 heavy (non-hydrogen) atoms. The summed E-state index contributed by atoms with van der Waals surface area (Å²) in [6.07, 6.45) is 0.865. The molecule has 0 saturated carbocycles. The van der Waals surface area contributed by atoms with Crippen molar-refractivity contribution < 1.29 is 14.8 Å². The molecule has 3 aromatic rings. The third kappa shape index (κ3) is 4.80. The molecule has 3 rings (SSSR count). The van der Waals surface area contributed by atoms with Crippen LogP contribution in [0.25, 0.3) is 0 Å². The standard InChI is InChI=1S/C23H23N3O3/c1-23(16-27,25-19-13-11-18(12-14-19)22(28)26-29)20-9-5-6-10-21(20)24-15-17-7-3-2-4-8-17/h2-14,16,24-25,29H,15H2,1H3,(H,26,28). The lowest BCUT2D eigenvalue weighted by atomic mass is 9.91. The van der Waals surface area contributed by atoms with Gasteiger partial charge in [-0.25, -0.2) is 5.48 Å². The lowest BCUT2D eigenvalue weighted by Crippen LogP contribution is -2.34. The van der Waals surface area contributed by atoms with Gasteiger partial charge in [0.2, 0.25) is 0 Å². The largest absolute Gasteiger partial charge is 0.381 e. The van der Waals surface area contributed by atoms with Gasteiger partial charge in [0.1, 0.15) is 11.8 Å². The molecule has 0 bridgehead atoms. The van der Waals surface area contributed by atoms with Gasteiger partial charge in [-0.15, -0.1) is 0 Å². The Morgan fingerprint density at radius 2 is 1.62 bits per heavy atom. The van der Waals surface area contributed by atoms with E-state index in [4.69, 9.17) is 5.21 Å². The number of anilines is 2. The van der Waals surface area contributed by atoms with Crippen LogP contribution in [0.1, 0.15) is 28.4 Å². The van der Waals surface area contributed by atoms with E-state index in [9.17, 15) is 9.59 Å². The number of carbonyl (C=O) groups is 2. The molecule has 0 saturated heterocycles. The molecule has 0 radical (unpaired) electrons. The van der Waals surface area contributed by atoms with E-state index in [0.29, 0.717) is 17.8 Å². The molecule has 148 valence electrons. The predicted molar refractivity (Wildman–Crippen MR) is 113 cm³/mol. The molecule has 3 aromatic carbocycles. The molecule has 6 heteroatoms. The first-order valence-corrected chi connectivity index (χ1v) is 9.22. The van der Waals surface area contributed by atoms with Crippen LogP contribution in [0.15, 0.2) is 78.9 Å². The number of hydrogen-bond donors (Lipinski definition) is 4. The Balaban J connectivity index is 1.82. The fourth-order valence-corrected chi connectivity index (χ4v) is 3.11. The second-order valence-electron chi connectivity index (χ2n) is 6.85. The van der Waals surface area contributed by atoms with Crippen LogP contribution in [0, 0.1) is 0 Å². The Kier molecular flexibility index (Phi) is 6.26. The zero-order valence-corrected chi connectivity index (χ0v) is 16.1. The minimum absolute atomic E-state index is 0.316. The van der Waals surface area contributed by atoms with Gasteiger partial charge in [-0.1, -0.05) is 48.5 Å². The molecule has 1 amide bonds. The van der Waals surface area contributed by atoms with Crippen LogP contribution in [-0.4, -0.2) is 17.4 Å². The molecule has 0 fully saturated rings. The van der Waals surface area contributed by atoms with E-state index in [-0.39, 0.29) is 0 Å². The van der Waals surface area contributed by atoms with Crippen LogP contribution in [0.4, 0.5) is 11.4 Å². The fourth-order valence-electron chi connectivity index (χ4n) is 3.11. The summed E-state index contributed by atoms with van der Waals surface area (Å²) in [6.45, 7) is 2.44. The maximum Gasteiger partial charge on any atom is 0.274 e. The van der Waals surface area contributed by atoms with Crippen molar-refractivity contribution in [2.45, 2.75) is 19.0 Å². The summed E-state index contributed by atoms with van der Waals surface area (Å²) in [7, 11) is 0. The monoisotopic (exact) mass is 389 g/mol. The van der Waals surface area contributed by atoms with Crippen molar-refractivity contribution in [3.63, 3.8) is 0 Å². The third-order valence-corrected chi connectivity index (χ3v) is 4.70. The number of hydrogen-bond acceptors (Lipinski definition) is 5. The van der Waals surface area contributed by atoms with Crippen molar-refractivity contribution in [1.29, 1.82) is 0 Å². The average Bonchev–Trinajstić information content (AvgIpc) is 2.78. The number of hydroxylamine groups is 1. The highest BCUT2D eigenvalue weighted by atomic mass is 16.5. The normalized spacial score (nSPS) is 12.5. The van der Waals surface area contributed by atoms with Crippen molar-refractivity contribution >= 4 is 23.6 Å². The van der Waals surface area contributed by atoms with Crippen LogP contribution in [0.5, 0.6) is 0 Å². The molecule has 1 unspecified atom stereocenters. The highest BCUT2D eigenvalue weighted by molar-refractivity contribution is 5.93. The second kappa shape index (κ2) is 9.03. The van der Waals surface area contributed by atoms with Gasteiger partial charge in [0, 0.05) is 29.0 Å². The number of benzene rings is 3. The van der Waals surface area contributed by atoms with Crippen molar-refractivity contribution in [2.75, 3.05) is 10.6 Å². The summed E-state index contributed by atoms with van der Waals surface area (Å²) < 4.78 is 0. The van der Waals surface area contributed by atoms with Crippen LogP contribution in [0.2, 0.25) is 0 Å². The fraction of sp³-hybridized carbons (Fsp3) is 0.130. The van der Waals surface area contributed by atoms with Crippen molar-refractivity contribution in [3.05, 3.63) is 95.6 Å². The lowest BCUT2D eigenvalue weighted by molar-refractivity contribution is -0.111. The van der Waals surface area contributed by atoms with E-state index in [1.165, 1.54) is 0 Å². The molecule has 1 atom stereocenters. The minimum Gasteiger partial charge on any atom is -0.381 e. The van der Waals surface area contributed by atoms with E-state index in [1.54, 1.807) is 36.7 Å². The summed E-state index contributed by atoms with van der Waals surface area (Å²) in [5, 5.41) is 15.4.